The molecule has 1 amide bonds. The van der Waals surface area contributed by atoms with Crippen molar-refractivity contribution in [1.82, 2.24) is 15.5 Å². The minimum Gasteiger partial charge on any atom is -0.444 e. The summed E-state index contributed by atoms with van der Waals surface area (Å²) in [6.45, 7) is 9.30. The Hall–Kier alpha value is -2.32. The number of carbonyl (C=O) groups excluding carboxylic acids is 1. The van der Waals surface area contributed by atoms with E-state index < -0.39 is 11.7 Å². The highest BCUT2D eigenvalue weighted by molar-refractivity contribution is 5.80. The van der Waals surface area contributed by atoms with E-state index in [-0.39, 0.29) is 12.1 Å². The first-order valence-corrected chi connectivity index (χ1v) is 11.4. The van der Waals surface area contributed by atoms with Crippen molar-refractivity contribution in [3.05, 3.63) is 35.9 Å². The average molecular weight is 449 g/mol. The Kier molecular flexibility index (Phi) is 10.8. The third-order valence-corrected chi connectivity index (χ3v) is 5.16. The highest BCUT2D eigenvalue weighted by atomic mass is 16.6. The predicted molar refractivity (Wildman–Crippen MR) is 127 cm³/mol. The normalized spacial score (nSPS) is 16.5. The van der Waals surface area contributed by atoms with Gasteiger partial charge in [0.2, 0.25) is 0 Å². The van der Waals surface area contributed by atoms with Crippen LogP contribution in [0.1, 0.15) is 51.6 Å². The SMILES string of the molecule is CN=C(NCC(NC(=O)OC(C)(C)C)c1ccccc1)N1CCC(OCCCOC)CC1. The topological polar surface area (TPSA) is 84.4 Å². The van der Waals surface area contributed by atoms with E-state index in [0.717, 1.165) is 57.1 Å². The lowest BCUT2D eigenvalue weighted by atomic mass is 10.1. The van der Waals surface area contributed by atoms with Gasteiger partial charge in [-0.3, -0.25) is 4.99 Å². The van der Waals surface area contributed by atoms with Crippen LogP contribution in [0.4, 0.5) is 4.79 Å². The van der Waals surface area contributed by atoms with E-state index in [4.69, 9.17) is 14.2 Å². The molecule has 0 spiro atoms. The fourth-order valence-electron chi connectivity index (χ4n) is 3.60. The number of methoxy groups -OCH3 is 1. The number of likely N-dealkylation sites (tertiary alicyclic amines) is 1. The zero-order valence-electron chi connectivity index (χ0n) is 20.2. The number of rotatable bonds is 9. The number of guanidine groups is 1. The largest absolute Gasteiger partial charge is 0.444 e. The second-order valence-electron chi connectivity index (χ2n) is 8.94. The second-order valence-corrected chi connectivity index (χ2v) is 8.94. The summed E-state index contributed by atoms with van der Waals surface area (Å²) in [7, 11) is 3.50. The minimum absolute atomic E-state index is 0.246. The van der Waals surface area contributed by atoms with Crippen LogP contribution < -0.4 is 10.6 Å². The monoisotopic (exact) mass is 448 g/mol. The Morgan fingerprint density at radius 1 is 1.19 bits per heavy atom. The number of piperidine rings is 1. The molecule has 0 aliphatic carbocycles. The standard InChI is InChI=1S/C24H40N4O4/c1-24(2,3)32-23(29)27-21(19-10-7-6-8-11-19)18-26-22(25-4)28-14-12-20(13-15-28)31-17-9-16-30-5/h6-8,10-11,20-21H,9,12-18H2,1-5H3,(H,25,26)(H,27,29). The Balaban J connectivity index is 1.89. The quantitative estimate of drug-likeness (QED) is 0.342. The van der Waals surface area contributed by atoms with Crippen molar-refractivity contribution in [2.24, 2.45) is 4.99 Å². The van der Waals surface area contributed by atoms with E-state index in [1.54, 1.807) is 14.2 Å². The number of nitrogens with one attached hydrogen (secondary N) is 2. The van der Waals surface area contributed by atoms with Crippen molar-refractivity contribution in [2.45, 2.75) is 57.8 Å². The molecule has 0 radical (unpaired) electrons. The molecule has 1 aliphatic rings. The van der Waals surface area contributed by atoms with Gasteiger partial charge < -0.3 is 29.7 Å². The molecule has 1 fully saturated rings. The van der Waals surface area contributed by atoms with Crippen LogP contribution in [0, 0.1) is 0 Å². The molecule has 1 aromatic carbocycles. The number of hydrogen-bond acceptors (Lipinski definition) is 5. The molecule has 180 valence electrons. The molecule has 2 N–H and O–H groups in total. The van der Waals surface area contributed by atoms with E-state index >= 15 is 0 Å². The van der Waals surface area contributed by atoms with Gasteiger partial charge in [0.1, 0.15) is 5.60 Å². The molecule has 32 heavy (non-hydrogen) atoms. The number of amides is 1. The zero-order valence-corrected chi connectivity index (χ0v) is 20.2. The fourth-order valence-corrected chi connectivity index (χ4v) is 3.60. The molecule has 1 aromatic rings. The number of aliphatic imine (C=N–C) groups is 1. The second kappa shape index (κ2) is 13.3. The lowest BCUT2D eigenvalue weighted by Crippen LogP contribution is -2.49. The summed E-state index contributed by atoms with van der Waals surface area (Å²) < 4.78 is 16.5. The van der Waals surface area contributed by atoms with Crippen LogP contribution in [0.5, 0.6) is 0 Å². The smallest absolute Gasteiger partial charge is 0.408 e. The van der Waals surface area contributed by atoms with Crippen LogP contribution in [0.15, 0.2) is 35.3 Å². The number of ether oxygens (including phenoxy) is 3. The molecule has 8 heteroatoms. The van der Waals surface area contributed by atoms with Gasteiger partial charge in [0.25, 0.3) is 0 Å². The third kappa shape index (κ3) is 9.44. The average Bonchev–Trinajstić information content (AvgIpc) is 2.76. The molecule has 1 atom stereocenters. The highest BCUT2D eigenvalue weighted by Crippen LogP contribution is 2.16. The van der Waals surface area contributed by atoms with Gasteiger partial charge in [-0.05, 0) is 45.6 Å². The first-order chi connectivity index (χ1) is 15.3. The Morgan fingerprint density at radius 3 is 2.47 bits per heavy atom. The van der Waals surface area contributed by atoms with Crippen LogP contribution >= 0.6 is 0 Å². The van der Waals surface area contributed by atoms with Crippen LogP contribution in [0.3, 0.4) is 0 Å². The lowest BCUT2D eigenvalue weighted by molar-refractivity contribution is 0.00986. The maximum Gasteiger partial charge on any atom is 0.408 e. The number of alkyl carbamates (subject to hydrolysis) is 1. The van der Waals surface area contributed by atoms with Crippen LogP contribution in [-0.4, -0.2) is 75.7 Å². The van der Waals surface area contributed by atoms with Crippen LogP contribution in [0.25, 0.3) is 0 Å². The van der Waals surface area contributed by atoms with E-state index in [2.05, 4.69) is 20.5 Å². The molecule has 0 aromatic heterocycles. The molecule has 1 heterocycles. The Labute approximate surface area is 192 Å². The van der Waals surface area contributed by atoms with E-state index in [1.807, 2.05) is 51.1 Å². The number of carbonyl (C=O) groups is 1. The summed E-state index contributed by atoms with van der Waals surface area (Å²) in [5, 5.41) is 6.41. The number of hydrogen-bond donors (Lipinski definition) is 2. The van der Waals surface area contributed by atoms with Crippen molar-refractivity contribution < 1.29 is 19.0 Å². The van der Waals surface area contributed by atoms with Crippen LogP contribution in [-0.2, 0) is 14.2 Å². The fraction of sp³-hybridized carbons (Fsp3) is 0.667. The highest BCUT2D eigenvalue weighted by Gasteiger charge is 2.24. The Bertz CT molecular complexity index is 698. The first kappa shape index (κ1) is 25.9. The van der Waals surface area contributed by atoms with Gasteiger partial charge in [-0.1, -0.05) is 30.3 Å². The van der Waals surface area contributed by atoms with Crippen molar-refractivity contribution in [3.63, 3.8) is 0 Å². The van der Waals surface area contributed by atoms with Gasteiger partial charge in [-0.15, -0.1) is 0 Å². The zero-order chi connectivity index (χ0) is 23.4. The minimum atomic E-state index is -0.551. The van der Waals surface area contributed by atoms with Crippen LogP contribution in [0.2, 0.25) is 0 Å². The van der Waals surface area contributed by atoms with Gasteiger partial charge >= 0.3 is 6.09 Å². The van der Waals surface area contributed by atoms with Gasteiger partial charge in [-0.25, -0.2) is 4.79 Å². The molecule has 1 unspecified atom stereocenters. The van der Waals surface area contributed by atoms with E-state index in [1.165, 1.54) is 0 Å². The molecule has 0 bridgehead atoms. The molecular formula is C24H40N4O4. The summed E-state index contributed by atoms with van der Waals surface area (Å²) in [6.07, 6.45) is 2.70. The molecule has 1 saturated heterocycles. The number of benzene rings is 1. The van der Waals surface area contributed by atoms with Gasteiger partial charge in [0.05, 0.1) is 12.1 Å². The molecule has 2 rings (SSSR count). The maximum absolute atomic E-state index is 12.4. The van der Waals surface area contributed by atoms with Gasteiger partial charge in [0.15, 0.2) is 5.96 Å². The first-order valence-electron chi connectivity index (χ1n) is 11.4. The summed E-state index contributed by atoms with van der Waals surface area (Å²) in [5.41, 5.74) is 0.453. The van der Waals surface area contributed by atoms with Crippen molar-refractivity contribution in [3.8, 4) is 0 Å². The third-order valence-electron chi connectivity index (χ3n) is 5.16. The molecule has 8 nitrogen and oxygen atoms in total. The lowest BCUT2D eigenvalue weighted by Gasteiger charge is -2.34. The van der Waals surface area contributed by atoms with Crippen molar-refractivity contribution in [2.75, 3.05) is 47.0 Å². The van der Waals surface area contributed by atoms with Crippen molar-refractivity contribution >= 4 is 12.1 Å². The van der Waals surface area contributed by atoms with Gasteiger partial charge in [-0.2, -0.15) is 0 Å². The summed E-state index contributed by atoms with van der Waals surface area (Å²) in [6, 6.07) is 9.64. The summed E-state index contributed by atoms with van der Waals surface area (Å²) >= 11 is 0. The summed E-state index contributed by atoms with van der Waals surface area (Å²) in [4.78, 5) is 19.1. The van der Waals surface area contributed by atoms with E-state index in [9.17, 15) is 4.79 Å². The molecule has 0 saturated carbocycles. The number of nitrogens with zero attached hydrogens (tertiary/aromatic N) is 2. The maximum atomic E-state index is 12.4. The summed E-state index contributed by atoms with van der Waals surface area (Å²) in [5.74, 6) is 0.828. The van der Waals surface area contributed by atoms with Gasteiger partial charge in [0, 0.05) is 47.0 Å². The Morgan fingerprint density at radius 2 is 1.88 bits per heavy atom. The molecular weight excluding hydrogens is 408 g/mol. The molecule has 1 aliphatic heterocycles. The van der Waals surface area contributed by atoms with Crippen molar-refractivity contribution in [1.29, 1.82) is 0 Å². The predicted octanol–water partition coefficient (Wildman–Crippen LogP) is 3.35. The van der Waals surface area contributed by atoms with E-state index in [0.29, 0.717) is 6.54 Å².